The van der Waals surface area contributed by atoms with Crippen LogP contribution in [0.25, 0.3) is 0 Å². The number of rotatable bonds is 11. The number of hydrogen-bond acceptors (Lipinski definition) is 4. The molecule has 0 aromatic rings. The molecule has 214 valence electrons. The van der Waals surface area contributed by atoms with Crippen molar-refractivity contribution in [2.24, 2.45) is 5.92 Å². The van der Waals surface area contributed by atoms with Crippen LogP contribution in [0.5, 0.6) is 0 Å². The highest BCUT2D eigenvalue weighted by molar-refractivity contribution is 9.11. The van der Waals surface area contributed by atoms with Crippen molar-refractivity contribution in [3.05, 3.63) is 47.8 Å². The Morgan fingerprint density at radius 3 is 1.95 bits per heavy atom. The highest BCUT2D eigenvalue weighted by Crippen LogP contribution is 2.15. The number of hydrogen-bond donors (Lipinski definition) is 1. The van der Waals surface area contributed by atoms with E-state index in [1.165, 1.54) is 18.0 Å². The molecule has 0 bridgehead atoms. The van der Waals surface area contributed by atoms with Gasteiger partial charge in [0.25, 0.3) is 0 Å². The first-order valence-corrected chi connectivity index (χ1v) is 13.1. The number of carbonyl (C=O) groups excluding carboxylic acids is 3. The first-order chi connectivity index (χ1) is 16.8. The number of unbranched alkanes of at least 4 members (excludes halogenated alkanes) is 2. The van der Waals surface area contributed by atoms with Crippen molar-refractivity contribution in [3.8, 4) is 0 Å². The lowest BCUT2D eigenvalue weighted by molar-refractivity contribution is -0.138. The Bertz CT molecular complexity index is 771. The summed E-state index contributed by atoms with van der Waals surface area (Å²) < 4.78 is 17.7. The zero-order valence-electron chi connectivity index (χ0n) is 24.4. The van der Waals surface area contributed by atoms with Gasteiger partial charge in [-0.05, 0) is 64.5 Å². The normalized spacial score (nSPS) is 10.6. The first-order valence-electron chi connectivity index (χ1n) is 12.3. The fourth-order valence-electron chi connectivity index (χ4n) is 2.08. The predicted octanol–water partition coefficient (Wildman–Crippen LogP) is 6.77. The van der Waals surface area contributed by atoms with Gasteiger partial charge in [-0.3, -0.25) is 9.59 Å². The van der Waals surface area contributed by atoms with Crippen LogP contribution >= 0.6 is 15.9 Å². The van der Waals surface area contributed by atoms with Crippen LogP contribution in [0, 0.1) is 5.92 Å². The highest BCUT2D eigenvalue weighted by Gasteiger charge is 2.19. The van der Waals surface area contributed by atoms with Crippen LogP contribution in [-0.4, -0.2) is 67.0 Å². The molecule has 0 unspecified atom stereocenters. The summed E-state index contributed by atoms with van der Waals surface area (Å²) in [6.45, 7) is 24.2. The van der Waals surface area contributed by atoms with Crippen LogP contribution in [0.2, 0.25) is 0 Å². The zero-order chi connectivity index (χ0) is 29.8. The fourth-order valence-corrected chi connectivity index (χ4v) is 2.20. The van der Waals surface area contributed by atoms with Gasteiger partial charge in [-0.1, -0.05) is 55.9 Å². The van der Waals surface area contributed by atoms with E-state index in [2.05, 4.69) is 61.8 Å². The third-order valence-corrected chi connectivity index (χ3v) is 4.58. The smallest absolute Gasteiger partial charge is 0.408 e. The summed E-state index contributed by atoms with van der Waals surface area (Å²) in [4.78, 5) is 38.4. The summed E-state index contributed by atoms with van der Waals surface area (Å²) in [5.41, 5.74) is 0.131. The quantitative estimate of drug-likeness (QED) is 0.164. The molecular weight excluding hydrogens is 541 g/mol. The Balaban J connectivity index is -0.000000730. The van der Waals surface area contributed by atoms with Crippen LogP contribution in [0.3, 0.4) is 0 Å². The van der Waals surface area contributed by atoms with Crippen LogP contribution in [0.15, 0.2) is 47.8 Å². The molecule has 0 rings (SSSR count). The maximum atomic E-state index is 12.0. The van der Waals surface area contributed by atoms with E-state index in [1.54, 1.807) is 39.6 Å². The van der Waals surface area contributed by atoms with Gasteiger partial charge in [-0.2, -0.15) is 0 Å². The topological polar surface area (TPSA) is 79.0 Å². The summed E-state index contributed by atoms with van der Waals surface area (Å²) in [5.74, 6) is -0.107. The molecule has 0 radical (unpaired) electrons. The van der Waals surface area contributed by atoms with Gasteiger partial charge in [0.2, 0.25) is 11.8 Å². The summed E-state index contributed by atoms with van der Waals surface area (Å²) in [6.07, 6.45) is 5.32. The molecule has 3 amide bonds. The fraction of sp³-hybridized carbons (Fsp3) is 0.607. The van der Waals surface area contributed by atoms with Crippen molar-refractivity contribution in [2.45, 2.75) is 73.3 Å². The van der Waals surface area contributed by atoms with Gasteiger partial charge in [0.05, 0.1) is 6.54 Å². The number of amides is 3. The summed E-state index contributed by atoms with van der Waals surface area (Å²) in [7, 11) is 3.25. The Hall–Kier alpha value is -2.42. The molecule has 9 heteroatoms. The average molecular weight is 591 g/mol. The number of nitrogens with one attached hydrogen (secondary N) is 1. The molecule has 0 aromatic heterocycles. The second kappa shape index (κ2) is 21.6. The third kappa shape index (κ3) is 29.7. The number of carbonyl (C=O) groups is 3. The average Bonchev–Trinajstić information content (AvgIpc) is 2.73. The number of nitrogens with zero attached hydrogens (tertiary/aromatic N) is 2. The van der Waals surface area contributed by atoms with Gasteiger partial charge in [0.15, 0.2) is 0 Å². The van der Waals surface area contributed by atoms with E-state index in [0.29, 0.717) is 11.0 Å². The minimum absolute atomic E-state index is 0.0210. The minimum atomic E-state index is -0.657. The maximum absolute atomic E-state index is 12.0. The molecule has 0 saturated heterocycles. The molecule has 0 heterocycles. The van der Waals surface area contributed by atoms with Crippen molar-refractivity contribution >= 4 is 33.8 Å². The maximum Gasteiger partial charge on any atom is 0.408 e. The number of ether oxygens (including phenoxy) is 1. The predicted molar refractivity (Wildman–Crippen MR) is 156 cm³/mol. The molecule has 37 heavy (non-hydrogen) atoms. The van der Waals surface area contributed by atoms with Gasteiger partial charge in [-0.15, -0.1) is 6.58 Å². The van der Waals surface area contributed by atoms with E-state index in [1.807, 2.05) is 6.08 Å². The molecule has 0 aliphatic carbocycles. The lowest BCUT2D eigenvalue weighted by Crippen LogP contribution is -2.44. The SMILES string of the molecule is C=C(F)/C=C(/C)C(=C)Br.C=CCCCCN(C)C(=O)CN(C)C(=O)CNC(=O)OC(C)(C)C.CC(C)C. The van der Waals surface area contributed by atoms with E-state index in [9.17, 15) is 18.8 Å². The Labute approximate surface area is 233 Å². The lowest BCUT2D eigenvalue weighted by Gasteiger charge is -2.23. The standard InChI is InChI=1S/C17H31N3O4.C7H8BrF.C4H10/c1-7-8-9-10-11-19(5)15(22)13-20(6)14(21)12-18-16(23)24-17(2,3)4;1-5(7(3)8)4-6(2)9;1-4(2)3/h7H,1,8-13H2,2-6H3,(H,18,23);4H,2-3H2,1H3;4H,1-3H3/b;5-4-;. The lowest BCUT2D eigenvalue weighted by atomic mass is 10.2. The molecular formula is C28H49BrFN3O4. The number of allylic oxidation sites excluding steroid dienone is 5. The molecule has 0 aliphatic rings. The largest absolute Gasteiger partial charge is 0.444 e. The van der Waals surface area contributed by atoms with Crippen molar-refractivity contribution in [3.63, 3.8) is 0 Å². The van der Waals surface area contributed by atoms with Gasteiger partial charge < -0.3 is 19.9 Å². The summed E-state index contributed by atoms with van der Waals surface area (Å²) in [6, 6.07) is 0. The molecule has 0 spiro atoms. The van der Waals surface area contributed by atoms with Crippen LogP contribution in [0.4, 0.5) is 9.18 Å². The van der Waals surface area contributed by atoms with Crippen LogP contribution < -0.4 is 5.32 Å². The van der Waals surface area contributed by atoms with E-state index >= 15 is 0 Å². The number of halogens is 2. The third-order valence-electron chi connectivity index (χ3n) is 3.96. The van der Waals surface area contributed by atoms with Crippen molar-refractivity contribution in [1.82, 2.24) is 15.1 Å². The van der Waals surface area contributed by atoms with Gasteiger partial charge in [-0.25, -0.2) is 9.18 Å². The van der Waals surface area contributed by atoms with E-state index < -0.39 is 17.5 Å². The van der Waals surface area contributed by atoms with Gasteiger partial charge in [0.1, 0.15) is 18.0 Å². The molecule has 0 fully saturated rings. The van der Waals surface area contributed by atoms with Gasteiger partial charge >= 0.3 is 6.09 Å². The van der Waals surface area contributed by atoms with Gasteiger partial charge in [0, 0.05) is 25.1 Å². The number of alkyl carbamates (subject to hydrolysis) is 1. The van der Waals surface area contributed by atoms with Crippen LogP contribution in [0.1, 0.15) is 67.7 Å². The van der Waals surface area contributed by atoms with Crippen molar-refractivity contribution < 1.29 is 23.5 Å². The summed E-state index contributed by atoms with van der Waals surface area (Å²) >= 11 is 3.10. The first kappa shape index (κ1) is 39.1. The summed E-state index contributed by atoms with van der Waals surface area (Å²) in [5, 5.41) is 2.38. The van der Waals surface area contributed by atoms with Crippen molar-refractivity contribution in [2.75, 3.05) is 33.7 Å². The number of likely N-dealkylation sites (N-methyl/N-ethyl adjacent to an activating group) is 2. The zero-order valence-corrected chi connectivity index (χ0v) is 26.0. The Morgan fingerprint density at radius 2 is 1.57 bits per heavy atom. The monoisotopic (exact) mass is 589 g/mol. The molecule has 1 N–H and O–H groups in total. The molecule has 0 aliphatic heterocycles. The van der Waals surface area contributed by atoms with Crippen LogP contribution in [-0.2, 0) is 14.3 Å². The van der Waals surface area contributed by atoms with E-state index in [-0.39, 0.29) is 24.9 Å². The second-order valence-electron chi connectivity index (χ2n) is 10.1. The highest BCUT2D eigenvalue weighted by atomic mass is 79.9. The molecule has 0 atom stereocenters. The van der Waals surface area contributed by atoms with Crippen molar-refractivity contribution in [1.29, 1.82) is 0 Å². The second-order valence-corrected chi connectivity index (χ2v) is 11.1. The molecule has 0 aromatic carbocycles. The molecule has 0 saturated carbocycles. The minimum Gasteiger partial charge on any atom is -0.444 e. The molecule has 7 nitrogen and oxygen atoms in total. The Morgan fingerprint density at radius 1 is 1.05 bits per heavy atom. The Kier molecular flexibility index (Phi) is 22.9. The van der Waals surface area contributed by atoms with E-state index in [0.717, 1.165) is 30.8 Å². The van der Waals surface area contributed by atoms with E-state index in [4.69, 9.17) is 4.74 Å².